The predicted octanol–water partition coefficient (Wildman–Crippen LogP) is 9.41. The second-order valence-corrected chi connectivity index (χ2v) is 24.2. The highest BCUT2D eigenvalue weighted by atomic mass is 35.5. The van der Waals surface area contributed by atoms with Crippen LogP contribution in [0.4, 0.5) is 73.0 Å². The van der Waals surface area contributed by atoms with Gasteiger partial charge in [0.2, 0.25) is 10.0 Å². The summed E-state index contributed by atoms with van der Waals surface area (Å²) in [5, 5.41) is 33.9. The summed E-state index contributed by atoms with van der Waals surface area (Å²) in [6.07, 6.45) is 5.93. The number of benzene rings is 6. The normalized spacial score (nSPS) is 16.6. The Balaban J connectivity index is 0.000000143. The number of urea groups is 1. The fourth-order valence-corrected chi connectivity index (χ4v) is 12.7. The zero-order chi connectivity index (χ0) is 65.9. The summed E-state index contributed by atoms with van der Waals surface area (Å²) in [6.45, 7) is 6.73. The van der Waals surface area contributed by atoms with Crippen molar-refractivity contribution < 1.29 is 51.6 Å². The number of ether oxygens (including phenoxy) is 4. The first-order valence-electron chi connectivity index (χ1n) is 30.8. The number of hydrogen-bond acceptors (Lipinski definition) is 18. The van der Waals surface area contributed by atoms with Crippen LogP contribution in [-0.2, 0) is 48.5 Å². The molecule has 6 aromatic carbocycles. The fraction of sp³-hybridized carbons (Fsp3) is 0.394. The summed E-state index contributed by atoms with van der Waals surface area (Å²) in [5.74, 6) is 2.04. The van der Waals surface area contributed by atoms with Gasteiger partial charge in [0.05, 0.1) is 57.4 Å². The van der Waals surface area contributed by atoms with Crippen LogP contribution in [0.1, 0.15) is 49.3 Å². The van der Waals surface area contributed by atoms with Crippen LogP contribution in [0.25, 0.3) is 0 Å². The maximum atomic E-state index is 12.5. The van der Waals surface area contributed by atoms with Gasteiger partial charge in [-0.15, -0.1) is 0 Å². The van der Waals surface area contributed by atoms with E-state index in [-0.39, 0.29) is 62.0 Å². The molecule has 0 aliphatic carbocycles. The van der Waals surface area contributed by atoms with Crippen LogP contribution in [0.2, 0.25) is 5.02 Å². The van der Waals surface area contributed by atoms with Gasteiger partial charge in [-0.2, -0.15) is 0 Å². The largest absolute Gasteiger partial charge is 0.479 e. The Hall–Kier alpha value is -9.04. The Morgan fingerprint density at radius 2 is 1.24 bits per heavy atom. The Morgan fingerprint density at radius 1 is 0.641 bits per heavy atom. The fourth-order valence-electron chi connectivity index (χ4n) is 11.4. The number of carbonyl (C=O) groups excluding carboxylic acids is 4. The van der Waals surface area contributed by atoms with E-state index in [2.05, 4.69) is 71.5 Å². The summed E-state index contributed by atoms with van der Waals surface area (Å²) >= 11 is 5.86. The quantitative estimate of drug-likeness (QED) is 0.0546. The summed E-state index contributed by atoms with van der Waals surface area (Å²) < 4.78 is 46.9. The van der Waals surface area contributed by atoms with E-state index in [0.29, 0.717) is 66.9 Å². The molecule has 26 heteroatoms. The molecule has 7 heterocycles. The Labute approximate surface area is 544 Å². The van der Waals surface area contributed by atoms with Crippen molar-refractivity contribution >= 4 is 114 Å². The Morgan fingerprint density at radius 3 is 1.85 bits per heavy atom. The van der Waals surface area contributed by atoms with Crippen LogP contribution in [0.3, 0.4) is 0 Å². The minimum atomic E-state index is -3.10. The number of carbonyl (C=O) groups is 4. The maximum absolute atomic E-state index is 12.5. The van der Waals surface area contributed by atoms with E-state index in [0.717, 1.165) is 82.8 Å². The average molecular weight is 1310 g/mol. The lowest BCUT2D eigenvalue weighted by Crippen LogP contribution is -2.47. The van der Waals surface area contributed by atoms with Gasteiger partial charge in [-0.1, -0.05) is 41.9 Å². The van der Waals surface area contributed by atoms with Crippen molar-refractivity contribution in [1.29, 1.82) is 0 Å². The highest BCUT2D eigenvalue weighted by Crippen LogP contribution is 2.41. The van der Waals surface area contributed by atoms with Crippen molar-refractivity contribution in [3.05, 3.63) is 125 Å². The molecule has 0 radical (unpaired) electrons. The monoisotopic (exact) mass is 1300 g/mol. The molecule has 1 atom stereocenters. The average Bonchev–Trinajstić information content (AvgIpc) is 1.34. The predicted molar refractivity (Wildman–Crippen MR) is 369 cm³/mol. The van der Waals surface area contributed by atoms with Crippen LogP contribution >= 0.6 is 11.6 Å². The molecule has 7 aliphatic heterocycles. The molecule has 1 fully saturated rings. The highest BCUT2D eigenvalue weighted by Gasteiger charge is 2.32. The number of hydrogen-bond donors (Lipinski definition) is 10. The second-order valence-electron chi connectivity index (χ2n) is 21.9. The Bertz CT molecular complexity index is 3660. The third kappa shape index (κ3) is 17.1. The highest BCUT2D eigenvalue weighted by molar-refractivity contribution is 7.92. The molecular formula is C66H86ClN13O11S. The van der Waals surface area contributed by atoms with Gasteiger partial charge in [0.1, 0.15) is 0 Å². The summed E-state index contributed by atoms with van der Waals surface area (Å²) in [5.41, 5.74) is 14.7. The molecule has 5 amide bonds. The number of nitrogens with one attached hydrogen (secondary N) is 9. The summed E-state index contributed by atoms with van der Waals surface area (Å²) in [7, 11) is 9.85. The van der Waals surface area contributed by atoms with E-state index >= 15 is 0 Å². The number of fused-ring (bicyclic) bond motifs is 6. The maximum Gasteiger partial charge on any atom is 0.324 e. The van der Waals surface area contributed by atoms with Crippen molar-refractivity contribution in [3.63, 3.8) is 0 Å². The van der Waals surface area contributed by atoms with Gasteiger partial charge in [0, 0.05) is 129 Å². The lowest BCUT2D eigenvalue weighted by Gasteiger charge is -2.36. The topological polar surface area (TPSA) is 281 Å². The minimum absolute atomic E-state index is 0.0123. The molecule has 0 bridgehead atoms. The lowest BCUT2D eigenvalue weighted by molar-refractivity contribution is -0.122. The van der Waals surface area contributed by atoms with Gasteiger partial charge < -0.3 is 81.3 Å². The van der Waals surface area contributed by atoms with Crippen LogP contribution in [0, 0.1) is 0 Å². The van der Waals surface area contributed by atoms with E-state index < -0.39 is 10.0 Å². The van der Waals surface area contributed by atoms with Gasteiger partial charge in [-0.3, -0.25) is 24.0 Å². The summed E-state index contributed by atoms with van der Waals surface area (Å²) in [4.78, 5) is 53.8. The third-order valence-corrected chi connectivity index (χ3v) is 17.5. The van der Waals surface area contributed by atoms with Gasteiger partial charge >= 0.3 is 6.03 Å². The van der Waals surface area contributed by atoms with Crippen molar-refractivity contribution in [1.82, 2.24) is 4.90 Å². The zero-order valence-corrected chi connectivity index (χ0v) is 55.1. The molecule has 0 aromatic heterocycles. The number of aliphatic hydroxyl groups excluding tert-OH is 1. The van der Waals surface area contributed by atoms with Crippen molar-refractivity contribution in [2.24, 2.45) is 0 Å². The molecular weight excluding hydrogens is 1220 g/mol. The molecule has 24 nitrogen and oxygen atoms in total. The lowest BCUT2D eigenvalue weighted by atomic mass is 10.0. The van der Waals surface area contributed by atoms with Crippen molar-refractivity contribution in [2.75, 3.05) is 176 Å². The zero-order valence-electron chi connectivity index (χ0n) is 53.5. The number of anilines is 12. The number of nitrogens with zero attached hydrogens (tertiary/aromatic N) is 4. The number of sulfonamides is 1. The summed E-state index contributed by atoms with van der Waals surface area (Å²) in [6, 6.07) is 32.9. The van der Waals surface area contributed by atoms with E-state index in [9.17, 15) is 27.6 Å². The van der Waals surface area contributed by atoms with E-state index in [1.807, 2.05) is 115 Å². The second kappa shape index (κ2) is 32.8. The molecule has 0 spiro atoms. The molecule has 6 aromatic rings. The molecule has 0 saturated carbocycles. The first-order chi connectivity index (χ1) is 44.5. The molecule has 1 saturated heterocycles. The van der Waals surface area contributed by atoms with Crippen LogP contribution in [0.5, 0.6) is 17.2 Å². The van der Waals surface area contributed by atoms with E-state index in [1.165, 1.54) is 35.3 Å². The molecule has 1 unspecified atom stereocenters. The Kier molecular flexibility index (Phi) is 24.6. The van der Waals surface area contributed by atoms with E-state index in [1.54, 1.807) is 39.9 Å². The van der Waals surface area contributed by atoms with Gasteiger partial charge in [-0.05, 0) is 129 Å². The number of rotatable bonds is 12. The first kappa shape index (κ1) is 68.9. The minimum Gasteiger partial charge on any atom is -0.479 e. The van der Waals surface area contributed by atoms with Gasteiger partial charge in [-0.25, -0.2) is 13.2 Å². The first-order valence-corrected chi connectivity index (χ1v) is 32.8. The number of aliphatic hydroxyl groups is 1. The molecule has 7 aliphatic rings. The number of amides is 5. The smallest absolute Gasteiger partial charge is 0.324 e. The SMILES string of the molecule is CCN1C(=O)COc2c(NC)cccc21.CNc1cc(Cl)cc2c1OCC(=O)N2.CNc1ccc2c(c1)N(C)C(=O)N(CC1CCCO1)C2.CNc1cccc2c1CCCN2.CNc1cccc2c1CCS(=O)(=O)N2.CNc1cccc2c1OCC(=O)N2CCCO. The van der Waals surface area contributed by atoms with Crippen molar-refractivity contribution in [2.45, 2.75) is 58.1 Å². The number of likely N-dealkylation sites (N-methyl/N-ethyl adjacent to an activating group) is 1. The van der Waals surface area contributed by atoms with Gasteiger partial charge in [0.15, 0.2) is 37.1 Å². The molecule has 10 N–H and O–H groups in total. The number of para-hydroxylation sites is 2. The van der Waals surface area contributed by atoms with Crippen LogP contribution in [-0.4, -0.2) is 163 Å². The van der Waals surface area contributed by atoms with Crippen LogP contribution in [0.15, 0.2) is 103 Å². The molecule has 13 rings (SSSR count). The van der Waals surface area contributed by atoms with Crippen molar-refractivity contribution in [3.8, 4) is 17.2 Å². The standard InChI is InChI=1S/C15H21N3O2.C12H16N2O3.C11H14N2O2.C10H14N2.C9H9ClN2O2.C9H12N2O2S/c1-16-12-6-5-11-9-18(10-13-4-3-7-20-13)15(19)17(2)14(11)8-12;1-13-9-4-2-5-10-12(9)17-8-11(16)14(10)6-3-7-15;1-3-13-9-6-4-5-8(12-2)11(9)15-7-10(13)14;1-11-9-5-2-6-10-8(9)4-3-7-12-10;1-11-6-2-5(10)3-7-9(6)14-4-8(13)12-7;1-10-8-3-2-4-9-7(8)5-6-14(12,13)11-9/h5-6,8,13,16H,3-4,7,9-10H2,1-2H3;2,4-5,13,15H,3,6-8H2,1H3;4-6,12H,3,7H2,1-2H3;2,5-6,11-12H,3-4,7H2,1H3;2-3,11H,4H2,1H3,(H,12,13);2-4,10-11H,5-6H2,1H3. The van der Waals surface area contributed by atoms with Gasteiger partial charge in [0.25, 0.3) is 17.7 Å². The van der Waals surface area contributed by atoms with E-state index in [4.69, 9.17) is 35.7 Å². The molecule has 494 valence electrons. The van der Waals surface area contributed by atoms with Crippen LogP contribution < -0.4 is 76.2 Å². The molecule has 92 heavy (non-hydrogen) atoms. The third-order valence-electron chi connectivity index (χ3n) is 16.0. The number of halogens is 1.